The molecule has 0 spiro atoms. The van der Waals surface area contributed by atoms with E-state index in [9.17, 15) is 4.39 Å². The second kappa shape index (κ2) is 6.15. The lowest BCUT2D eigenvalue weighted by molar-refractivity contribution is 0.281. The largest absolute Gasteiger partial charge is 0.314 e. The zero-order chi connectivity index (χ0) is 12.9. The molecule has 0 amide bonds. The maximum Gasteiger partial charge on any atom is 0.123 e. The van der Waals surface area contributed by atoms with Gasteiger partial charge in [-0.2, -0.15) is 0 Å². The van der Waals surface area contributed by atoms with Gasteiger partial charge in [0.05, 0.1) is 0 Å². The first-order valence-corrected chi connectivity index (χ1v) is 6.43. The zero-order valence-corrected chi connectivity index (χ0v) is 11.4. The van der Waals surface area contributed by atoms with Gasteiger partial charge in [0.1, 0.15) is 5.82 Å². The van der Waals surface area contributed by atoms with Gasteiger partial charge in [-0.25, -0.2) is 4.39 Å². The van der Waals surface area contributed by atoms with Crippen LogP contribution in [0.3, 0.4) is 0 Å². The van der Waals surface area contributed by atoms with Crippen molar-refractivity contribution in [3.8, 4) is 0 Å². The molecule has 0 saturated carbocycles. The molecule has 0 bridgehead atoms. The molecule has 1 rings (SSSR count). The molecule has 0 heterocycles. The van der Waals surface area contributed by atoms with Crippen molar-refractivity contribution in [3.63, 3.8) is 0 Å². The summed E-state index contributed by atoms with van der Waals surface area (Å²) in [5, 5.41) is 3.49. The molecule has 0 aliphatic rings. The Bertz CT molecular complexity index is 331. The van der Waals surface area contributed by atoms with Crippen LogP contribution in [-0.2, 0) is 6.42 Å². The lowest BCUT2D eigenvalue weighted by Crippen LogP contribution is -2.36. The van der Waals surface area contributed by atoms with E-state index in [0.29, 0.717) is 6.04 Å². The maximum atomic E-state index is 12.8. The molecule has 1 N–H and O–H groups in total. The molecule has 0 aliphatic heterocycles. The van der Waals surface area contributed by atoms with E-state index in [2.05, 4.69) is 33.0 Å². The van der Waals surface area contributed by atoms with Gasteiger partial charge < -0.3 is 5.32 Å². The Hall–Kier alpha value is -0.890. The first-order chi connectivity index (χ1) is 7.95. The van der Waals surface area contributed by atoms with Crippen molar-refractivity contribution in [2.75, 3.05) is 6.54 Å². The van der Waals surface area contributed by atoms with Crippen molar-refractivity contribution < 1.29 is 4.39 Å². The Balaban J connectivity index is 2.64. The van der Waals surface area contributed by atoms with Gasteiger partial charge in [0.2, 0.25) is 0 Å². The topological polar surface area (TPSA) is 12.0 Å². The maximum absolute atomic E-state index is 12.8. The van der Waals surface area contributed by atoms with E-state index in [1.165, 1.54) is 5.56 Å². The highest BCUT2D eigenvalue weighted by molar-refractivity contribution is 5.17. The number of rotatable bonds is 6. The molecule has 1 nitrogen and oxygen atoms in total. The van der Waals surface area contributed by atoms with Crippen LogP contribution in [0.5, 0.6) is 0 Å². The Morgan fingerprint density at radius 3 is 2.29 bits per heavy atom. The molecule has 1 aromatic rings. The van der Waals surface area contributed by atoms with Crippen LogP contribution in [0.1, 0.15) is 39.7 Å². The van der Waals surface area contributed by atoms with Crippen molar-refractivity contribution in [1.82, 2.24) is 5.32 Å². The number of hydrogen-bond donors (Lipinski definition) is 1. The van der Waals surface area contributed by atoms with Crippen LogP contribution >= 0.6 is 0 Å². The molecule has 17 heavy (non-hydrogen) atoms. The fourth-order valence-corrected chi connectivity index (χ4v) is 1.86. The molecule has 0 aromatic heterocycles. The van der Waals surface area contributed by atoms with Crippen LogP contribution < -0.4 is 5.32 Å². The van der Waals surface area contributed by atoms with Crippen LogP contribution in [-0.4, -0.2) is 12.6 Å². The van der Waals surface area contributed by atoms with Gasteiger partial charge >= 0.3 is 0 Å². The molecule has 2 heteroatoms. The van der Waals surface area contributed by atoms with Crippen molar-refractivity contribution in [1.29, 1.82) is 0 Å². The summed E-state index contributed by atoms with van der Waals surface area (Å²) in [6.07, 6.45) is 2.10. The van der Waals surface area contributed by atoms with Gasteiger partial charge in [-0.15, -0.1) is 0 Å². The van der Waals surface area contributed by atoms with Gasteiger partial charge in [-0.3, -0.25) is 0 Å². The fraction of sp³-hybridized carbons (Fsp3) is 0.600. The number of hydrogen-bond acceptors (Lipinski definition) is 1. The van der Waals surface area contributed by atoms with Crippen molar-refractivity contribution >= 4 is 0 Å². The van der Waals surface area contributed by atoms with Gasteiger partial charge in [0, 0.05) is 12.6 Å². The monoisotopic (exact) mass is 237 g/mol. The average molecular weight is 237 g/mol. The van der Waals surface area contributed by atoms with E-state index in [1.54, 1.807) is 12.1 Å². The van der Waals surface area contributed by atoms with Gasteiger partial charge in [0.15, 0.2) is 0 Å². The van der Waals surface area contributed by atoms with Crippen molar-refractivity contribution in [2.45, 2.75) is 46.6 Å². The van der Waals surface area contributed by atoms with Crippen LogP contribution in [0.15, 0.2) is 24.3 Å². The molecule has 96 valence electrons. The van der Waals surface area contributed by atoms with E-state index in [1.807, 2.05) is 12.1 Å². The van der Waals surface area contributed by atoms with E-state index in [-0.39, 0.29) is 11.2 Å². The van der Waals surface area contributed by atoms with Crippen LogP contribution in [0, 0.1) is 11.2 Å². The summed E-state index contributed by atoms with van der Waals surface area (Å²) >= 11 is 0. The molecule has 1 atom stereocenters. The minimum Gasteiger partial charge on any atom is -0.314 e. The van der Waals surface area contributed by atoms with Crippen LogP contribution in [0.25, 0.3) is 0 Å². The third-order valence-electron chi connectivity index (χ3n) is 3.33. The summed E-state index contributed by atoms with van der Waals surface area (Å²) < 4.78 is 12.8. The Morgan fingerprint density at radius 2 is 1.82 bits per heavy atom. The molecular weight excluding hydrogens is 213 g/mol. The lowest BCUT2D eigenvalue weighted by atomic mass is 9.81. The van der Waals surface area contributed by atoms with Gasteiger partial charge in [-0.1, -0.05) is 39.8 Å². The Morgan fingerprint density at radius 1 is 1.24 bits per heavy atom. The Kier molecular flexibility index (Phi) is 5.13. The molecule has 0 saturated heterocycles. The summed E-state index contributed by atoms with van der Waals surface area (Å²) in [6.45, 7) is 9.82. The van der Waals surface area contributed by atoms with Crippen LogP contribution in [0.2, 0.25) is 0 Å². The lowest BCUT2D eigenvalue weighted by Gasteiger charge is -2.30. The predicted octanol–water partition coefficient (Wildman–Crippen LogP) is 3.78. The van der Waals surface area contributed by atoms with Gasteiger partial charge in [0.25, 0.3) is 0 Å². The third kappa shape index (κ3) is 4.86. The second-order valence-corrected chi connectivity index (χ2v) is 5.50. The number of halogens is 1. The number of benzene rings is 1. The molecular formula is C15H24FN. The first kappa shape index (κ1) is 14.2. The third-order valence-corrected chi connectivity index (χ3v) is 3.33. The average Bonchev–Trinajstić information content (AvgIpc) is 2.30. The highest BCUT2D eigenvalue weighted by Crippen LogP contribution is 2.26. The highest BCUT2D eigenvalue weighted by Gasteiger charge is 2.22. The van der Waals surface area contributed by atoms with E-state index in [0.717, 1.165) is 19.4 Å². The standard InChI is InChI=1S/C15H24FN/c1-5-15(4,11-17-12(2)3)10-13-6-8-14(16)9-7-13/h6-9,12,17H,5,10-11H2,1-4H3. The quantitative estimate of drug-likeness (QED) is 0.794. The van der Waals surface area contributed by atoms with E-state index < -0.39 is 0 Å². The predicted molar refractivity (Wildman–Crippen MR) is 71.6 cm³/mol. The molecule has 1 aromatic carbocycles. The first-order valence-electron chi connectivity index (χ1n) is 6.43. The normalized spacial score (nSPS) is 14.9. The molecule has 0 fully saturated rings. The Labute approximate surface area is 104 Å². The van der Waals surface area contributed by atoms with Crippen molar-refractivity contribution in [2.24, 2.45) is 5.41 Å². The van der Waals surface area contributed by atoms with Crippen LogP contribution in [0.4, 0.5) is 4.39 Å². The highest BCUT2D eigenvalue weighted by atomic mass is 19.1. The summed E-state index contributed by atoms with van der Waals surface area (Å²) in [6, 6.07) is 7.37. The van der Waals surface area contributed by atoms with Gasteiger partial charge in [-0.05, 0) is 36.0 Å². The fourth-order valence-electron chi connectivity index (χ4n) is 1.86. The second-order valence-electron chi connectivity index (χ2n) is 5.50. The van der Waals surface area contributed by atoms with E-state index in [4.69, 9.17) is 0 Å². The molecule has 1 unspecified atom stereocenters. The van der Waals surface area contributed by atoms with Crippen molar-refractivity contribution in [3.05, 3.63) is 35.6 Å². The SMILES string of the molecule is CCC(C)(CNC(C)C)Cc1ccc(F)cc1. The summed E-state index contributed by atoms with van der Waals surface area (Å²) in [5.41, 5.74) is 1.45. The number of nitrogens with one attached hydrogen (secondary N) is 1. The minimum atomic E-state index is -0.160. The smallest absolute Gasteiger partial charge is 0.123 e. The van der Waals surface area contributed by atoms with E-state index >= 15 is 0 Å². The summed E-state index contributed by atoms with van der Waals surface area (Å²) in [4.78, 5) is 0. The molecule has 0 radical (unpaired) electrons. The summed E-state index contributed by atoms with van der Waals surface area (Å²) in [5.74, 6) is -0.160. The zero-order valence-electron chi connectivity index (χ0n) is 11.4. The summed E-state index contributed by atoms with van der Waals surface area (Å²) in [7, 11) is 0. The molecule has 0 aliphatic carbocycles. The minimum absolute atomic E-state index is 0.160.